The van der Waals surface area contributed by atoms with Crippen LogP contribution in [-0.2, 0) is 9.59 Å². The van der Waals surface area contributed by atoms with Crippen LogP contribution in [-0.4, -0.2) is 55.8 Å². The number of nitrogens with one attached hydrogen (secondary N) is 2. The Balaban J connectivity index is 1.47. The van der Waals surface area contributed by atoms with Gasteiger partial charge in [-0.2, -0.15) is 0 Å². The number of rotatable bonds is 7. The van der Waals surface area contributed by atoms with Gasteiger partial charge in [0.2, 0.25) is 5.84 Å². The minimum atomic E-state index is -0.339. The fourth-order valence-corrected chi connectivity index (χ4v) is 4.15. The molecule has 1 fully saturated rings. The van der Waals surface area contributed by atoms with Gasteiger partial charge in [0.25, 0.3) is 11.8 Å². The summed E-state index contributed by atoms with van der Waals surface area (Å²) in [4.78, 5) is 31.8. The van der Waals surface area contributed by atoms with E-state index in [2.05, 4.69) is 20.6 Å². The molecule has 0 aromatic heterocycles. The van der Waals surface area contributed by atoms with Crippen LogP contribution >= 0.6 is 0 Å². The number of methoxy groups -OCH3 is 1. The summed E-state index contributed by atoms with van der Waals surface area (Å²) < 4.78 is 5.57. The zero-order valence-corrected chi connectivity index (χ0v) is 18.5. The number of ether oxygens (including phenoxy) is 1. The van der Waals surface area contributed by atoms with E-state index in [1.807, 2.05) is 55.5 Å². The number of amidine groups is 1. The second-order valence-electron chi connectivity index (χ2n) is 8.05. The molecule has 2 N–H and O–H groups in total. The van der Waals surface area contributed by atoms with E-state index in [1.54, 1.807) is 7.11 Å². The monoisotopic (exact) mass is 435 g/mol. The van der Waals surface area contributed by atoms with Gasteiger partial charge in [-0.05, 0) is 51.1 Å². The number of anilines is 1. The molecule has 0 spiro atoms. The first kappa shape index (κ1) is 21.8. The Morgan fingerprint density at radius 3 is 2.59 bits per heavy atom. The number of carbonyl (C=O) groups excluding carboxylic acids is 2. The summed E-state index contributed by atoms with van der Waals surface area (Å²) >= 11 is 0. The Morgan fingerprint density at radius 2 is 1.88 bits per heavy atom. The lowest BCUT2D eigenvalue weighted by Crippen LogP contribution is -2.56. The van der Waals surface area contributed by atoms with Crippen molar-refractivity contribution in [3.63, 3.8) is 0 Å². The van der Waals surface area contributed by atoms with Crippen LogP contribution in [0.15, 0.2) is 53.5 Å². The van der Waals surface area contributed by atoms with Crippen molar-refractivity contribution in [1.82, 2.24) is 15.6 Å². The molecule has 2 heterocycles. The minimum absolute atomic E-state index is 0.00313. The third-order valence-electron chi connectivity index (χ3n) is 5.88. The van der Waals surface area contributed by atoms with Gasteiger partial charge in [0.15, 0.2) is 0 Å². The highest BCUT2D eigenvalue weighted by molar-refractivity contribution is 6.39. The van der Waals surface area contributed by atoms with E-state index in [-0.39, 0.29) is 30.2 Å². The van der Waals surface area contributed by atoms with Gasteiger partial charge < -0.3 is 10.1 Å². The van der Waals surface area contributed by atoms with E-state index in [0.29, 0.717) is 12.2 Å². The smallest absolute Gasteiger partial charge is 0.288 e. The molecule has 1 unspecified atom stereocenters. The van der Waals surface area contributed by atoms with E-state index in [0.717, 1.165) is 42.8 Å². The lowest BCUT2D eigenvalue weighted by Gasteiger charge is -2.30. The number of hydrazine groups is 1. The van der Waals surface area contributed by atoms with Gasteiger partial charge in [-0.25, -0.2) is 5.01 Å². The van der Waals surface area contributed by atoms with Gasteiger partial charge in [0.1, 0.15) is 12.3 Å². The predicted molar refractivity (Wildman–Crippen MR) is 124 cm³/mol. The molecule has 2 amide bonds. The maximum absolute atomic E-state index is 12.9. The highest BCUT2D eigenvalue weighted by atomic mass is 16.5. The molecule has 8 nitrogen and oxygen atoms in total. The molecule has 1 saturated heterocycles. The molecule has 0 aliphatic carbocycles. The van der Waals surface area contributed by atoms with E-state index in [9.17, 15) is 9.59 Å². The van der Waals surface area contributed by atoms with Crippen LogP contribution in [0, 0.1) is 6.92 Å². The largest absolute Gasteiger partial charge is 0.496 e. The van der Waals surface area contributed by atoms with Crippen molar-refractivity contribution in [2.24, 2.45) is 4.99 Å². The van der Waals surface area contributed by atoms with E-state index >= 15 is 0 Å². The molecule has 1 atom stereocenters. The summed E-state index contributed by atoms with van der Waals surface area (Å²) in [7, 11) is 1.66. The molecule has 2 aliphatic rings. The van der Waals surface area contributed by atoms with Gasteiger partial charge in [0, 0.05) is 12.1 Å². The number of hydrogen-bond donors (Lipinski definition) is 2. The SMILES string of the molecule is COc1ccccc1C(CNC(=O)C1=NCC(=O)N(c2ccc(C)cc2)N1)N1CCCC1. The number of likely N-dealkylation sites (tertiary alicyclic amines) is 1. The lowest BCUT2D eigenvalue weighted by atomic mass is 10.0. The molecule has 32 heavy (non-hydrogen) atoms. The first-order valence-electron chi connectivity index (χ1n) is 10.9. The fourth-order valence-electron chi connectivity index (χ4n) is 4.15. The average Bonchev–Trinajstić information content (AvgIpc) is 3.35. The zero-order chi connectivity index (χ0) is 22.5. The van der Waals surface area contributed by atoms with E-state index in [1.165, 1.54) is 5.01 Å². The minimum Gasteiger partial charge on any atom is -0.496 e. The van der Waals surface area contributed by atoms with Crippen molar-refractivity contribution in [1.29, 1.82) is 0 Å². The lowest BCUT2D eigenvalue weighted by molar-refractivity contribution is -0.118. The average molecular weight is 436 g/mol. The van der Waals surface area contributed by atoms with Crippen molar-refractivity contribution in [3.8, 4) is 5.75 Å². The summed E-state index contributed by atoms with van der Waals surface area (Å²) in [6.45, 7) is 4.28. The second kappa shape index (κ2) is 9.82. The number of para-hydroxylation sites is 1. The maximum Gasteiger partial charge on any atom is 0.288 e. The molecule has 2 aromatic carbocycles. The van der Waals surface area contributed by atoms with Gasteiger partial charge in [0.05, 0.1) is 18.8 Å². The van der Waals surface area contributed by atoms with Crippen LogP contribution in [0.3, 0.4) is 0 Å². The van der Waals surface area contributed by atoms with Crippen molar-refractivity contribution in [3.05, 3.63) is 59.7 Å². The highest BCUT2D eigenvalue weighted by Gasteiger charge is 2.29. The topological polar surface area (TPSA) is 86.3 Å². The standard InChI is InChI=1S/C24H29N5O3/c1-17-9-11-18(12-10-17)29-22(30)16-25-23(27-29)24(31)26-15-20(28-13-5-6-14-28)19-7-3-4-8-21(19)32-2/h3-4,7-12,20H,5-6,13-16H2,1-2H3,(H,25,27)(H,26,31). The van der Waals surface area contributed by atoms with Crippen molar-refractivity contribution in [2.75, 3.05) is 38.3 Å². The van der Waals surface area contributed by atoms with Gasteiger partial charge in [-0.15, -0.1) is 0 Å². The molecule has 8 heteroatoms. The summed E-state index contributed by atoms with van der Waals surface area (Å²) in [5.41, 5.74) is 5.69. The molecule has 2 aliphatic heterocycles. The molecule has 0 radical (unpaired) electrons. The number of hydrogen-bond acceptors (Lipinski definition) is 6. The summed E-state index contributed by atoms with van der Waals surface area (Å²) in [6.07, 6.45) is 2.28. The van der Waals surface area contributed by atoms with Gasteiger partial charge in [-0.3, -0.25) is 24.9 Å². The number of aliphatic imine (C=N–C) groups is 1. The number of aryl methyl sites for hydroxylation is 1. The first-order chi connectivity index (χ1) is 15.6. The van der Waals surface area contributed by atoms with E-state index in [4.69, 9.17) is 4.74 Å². The van der Waals surface area contributed by atoms with Crippen LogP contribution in [0.1, 0.15) is 30.0 Å². The highest BCUT2D eigenvalue weighted by Crippen LogP contribution is 2.31. The number of nitrogens with zero attached hydrogens (tertiary/aromatic N) is 3. The maximum atomic E-state index is 12.9. The number of benzene rings is 2. The molecule has 2 aromatic rings. The molecular weight excluding hydrogens is 406 g/mol. The molecular formula is C24H29N5O3. The number of carbonyl (C=O) groups is 2. The van der Waals surface area contributed by atoms with Gasteiger partial charge in [-0.1, -0.05) is 35.9 Å². The van der Waals surface area contributed by atoms with Crippen LogP contribution in [0.2, 0.25) is 0 Å². The van der Waals surface area contributed by atoms with Crippen molar-refractivity contribution >= 4 is 23.3 Å². The van der Waals surface area contributed by atoms with Crippen LogP contribution in [0.4, 0.5) is 5.69 Å². The quantitative estimate of drug-likeness (QED) is 0.697. The predicted octanol–water partition coefficient (Wildman–Crippen LogP) is 2.21. The first-order valence-corrected chi connectivity index (χ1v) is 10.9. The number of amides is 2. The molecule has 4 rings (SSSR count). The Labute approximate surface area is 188 Å². The van der Waals surface area contributed by atoms with E-state index < -0.39 is 0 Å². The zero-order valence-electron chi connectivity index (χ0n) is 18.5. The third-order valence-corrected chi connectivity index (χ3v) is 5.88. The molecule has 168 valence electrons. The summed E-state index contributed by atoms with van der Waals surface area (Å²) in [6, 6.07) is 15.4. The van der Waals surface area contributed by atoms with Crippen LogP contribution in [0.25, 0.3) is 0 Å². The van der Waals surface area contributed by atoms with Crippen molar-refractivity contribution in [2.45, 2.75) is 25.8 Å². The van der Waals surface area contributed by atoms with Crippen molar-refractivity contribution < 1.29 is 14.3 Å². The third kappa shape index (κ3) is 4.75. The normalized spacial score (nSPS) is 17.5. The Hall–Kier alpha value is -3.39. The Bertz CT molecular complexity index is 999. The van der Waals surface area contributed by atoms with Gasteiger partial charge >= 0.3 is 0 Å². The Morgan fingerprint density at radius 1 is 1.16 bits per heavy atom. The Kier molecular flexibility index (Phi) is 6.70. The summed E-state index contributed by atoms with van der Waals surface area (Å²) in [5.74, 6) is 0.386. The summed E-state index contributed by atoms with van der Waals surface area (Å²) in [5, 5.41) is 4.38. The fraction of sp³-hybridized carbons (Fsp3) is 0.375. The second-order valence-corrected chi connectivity index (χ2v) is 8.05. The van der Waals surface area contributed by atoms with Crippen LogP contribution < -0.4 is 20.5 Å². The van der Waals surface area contributed by atoms with Crippen LogP contribution in [0.5, 0.6) is 5.75 Å². The molecule has 0 bridgehead atoms. The molecule has 0 saturated carbocycles.